The highest BCUT2D eigenvalue weighted by molar-refractivity contribution is 7.18. The van der Waals surface area contributed by atoms with E-state index in [4.69, 9.17) is 9.40 Å². The summed E-state index contributed by atoms with van der Waals surface area (Å²) in [7, 11) is 0. The lowest BCUT2D eigenvalue weighted by Crippen LogP contribution is -2.12. The Morgan fingerprint density at radius 2 is 1.73 bits per heavy atom. The molecule has 0 fully saturated rings. The van der Waals surface area contributed by atoms with Crippen LogP contribution in [0.1, 0.15) is 26.3 Å². The molecule has 0 aliphatic carbocycles. The number of hydrogen-bond donors (Lipinski definition) is 0. The molecular formula is C26H20N2OS. The lowest BCUT2D eigenvalue weighted by atomic mass is 9.82. The summed E-state index contributed by atoms with van der Waals surface area (Å²) < 4.78 is 7.35. The monoisotopic (exact) mass is 408 g/mol. The molecule has 0 atom stereocenters. The maximum absolute atomic E-state index is 6.13. The maximum atomic E-state index is 6.13. The lowest BCUT2D eigenvalue weighted by Gasteiger charge is -2.22. The molecule has 0 aliphatic heterocycles. The van der Waals surface area contributed by atoms with Crippen LogP contribution in [-0.2, 0) is 5.41 Å². The van der Waals surface area contributed by atoms with Crippen LogP contribution in [0.25, 0.3) is 54.2 Å². The van der Waals surface area contributed by atoms with Gasteiger partial charge < -0.3 is 4.42 Å². The molecule has 146 valence electrons. The van der Waals surface area contributed by atoms with E-state index < -0.39 is 0 Å². The fraction of sp³-hybridized carbons (Fsp3) is 0.154. The zero-order valence-electron chi connectivity index (χ0n) is 17.1. The molecule has 6 rings (SSSR count). The van der Waals surface area contributed by atoms with E-state index in [1.54, 1.807) is 17.7 Å². The Morgan fingerprint density at radius 3 is 2.60 bits per heavy atom. The minimum absolute atomic E-state index is 0.0151. The zero-order valence-corrected chi connectivity index (χ0v) is 17.9. The van der Waals surface area contributed by atoms with Gasteiger partial charge in [0.25, 0.3) is 0 Å². The van der Waals surface area contributed by atoms with Gasteiger partial charge in [-0.2, -0.15) is 0 Å². The summed E-state index contributed by atoms with van der Waals surface area (Å²) in [6.45, 7) is 6.78. The zero-order chi connectivity index (χ0) is 20.5. The number of nitrogens with zero attached hydrogens (tertiary/aromatic N) is 2. The molecule has 0 unspecified atom stereocenters. The molecule has 6 aromatic rings. The van der Waals surface area contributed by atoms with E-state index in [1.807, 2.05) is 6.07 Å². The van der Waals surface area contributed by atoms with Crippen molar-refractivity contribution in [2.24, 2.45) is 0 Å². The van der Waals surface area contributed by atoms with E-state index in [-0.39, 0.29) is 5.41 Å². The average molecular weight is 409 g/mol. The molecule has 0 saturated heterocycles. The van der Waals surface area contributed by atoms with Gasteiger partial charge in [0.2, 0.25) is 5.71 Å². The summed E-state index contributed by atoms with van der Waals surface area (Å²) in [5.41, 5.74) is 4.86. The van der Waals surface area contributed by atoms with Crippen LogP contribution in [0.15, 0.2) is 70.7 Å². The van der Waals surface area contributed by atoms with Gasteiger partial charge in [0, 0.05) is 15.6 Å². The number of furan rings is 1. The first-order chi connectivity index (χ1) is 14.5. The number of benzene rings is 3. The van der Waals surface area contributed by atoms with Crippen molar-refractivity contribution in [1.29, 1.82) is 0 Å². The van der Waals surface area contributed by atoms with Gasteiger partial charge in [0.05, 0.1) is 11.1 Å². The molecule has 0 N–H and O–H groups in total. The molecule has 0 amide bonds. The van der Waals surface area contributed by atoms with E-state index in [0.717, 1.165) is 27.6 Å². The molecule has 3 heterocycles. The smallest absolute Gasteiger partial charge is 0.231 e. The first-order valence-electron chi connectivity index (χ1n) is 10.1. The third kappa shape index (κ3) is 2.50. The number of rotatable bonds is 1. The molecule has 3 aromatic carbocycles. The largest absolute Gasteiger partial charge is 0.438 e. The highest BCUT2D eigenvalue weighted by Crippen LogP contribution is 2.41. The maximum Gasteiger partial charge on any atom is 0.231 e. The van der Waals surface area contributed by atoms with E-state index in [2.05, 4.69) is 79.7 Å². The van der Waals surface area contributed by atoms with Crippen molar-refractivity contribution < 1.29 is 4.42 Å². The fourth-order valence-corrected chi connectivity index (χ4v) is 5.34. The third-order valence-electron chi connectivity index (χ3n) is 5.80. The Balaban J connectivity index is 1.76. The molecule has 0 saturated carbocycles. The van der Waals surface area contributed by atoms with Gasteiger partial charge in [0.15, 0.2) is 0 Å². The van der Waals surface area contributed by atoms with Crippen molar-refractivity contribution >= 4 is 54.3 Å². The predicted molar refractivity (Wildman–Crippen MR) is 126 cm³/mol. The van der Waals surface area contributed by atoms with Crippen LogP contribution >= 0.6 is 11.3 Å². The second kappa shape index (κ2) is 6.13. The number of thiophene rings is 1. The standard InChI is InChI=1S/C26H20N2OS/c1-26(2,3)19-13-17(12-16-6-4-5-7-18(16)19)23-22-21-20(29-25(22)28-14-27-23)9-8-15-10-11-30-24(15)21/h4-14H,1-3H3. The quantitative estimate of drug-likeness (QED) is 0.280. The highest BCUT2D eigenvalue weighted by atomic mass is 32.1. The molecule has 0 spiro atoms. The number of aromatic nitrogens is 2. The highest BCUT2D eigenvalue weighted by Gasteiger charge is 2.22. The number of hydrogen-bond acceptors (Lipinski definition) is 4. The summed E-state index contributed by atoms with van der Waals surface area (Å²) in [5, 5.41) is 7.96. The molecule has 30 heavy (non-hydrogen) atoms. The van der Waals surface area contributed by atoms with Gasteiger partial charge in [0.1, 0.15) is 11.9 Å². The average Bonchev–Trinajstić information content (AvgIpc) is 3.35. The molecular weight excluding hydrogens is 388 g/mol. The predicted octanol–water partition coefficient (Wildman–Crippen LogP) is 7.71. The Labute approximate surface area is 178 Å². The van der Waals surface area contributed by atoms with E-state index >= 15 is 0 Å². The van der Waals surface area contributed by atoms with Crippen molar-refractivity contribution in [3.63, 3.8) is 0 Å². The third-order valence-corrected chi connectivity index (χ3v) is 6.74. The van der Waals surface area contributed by atoms with Crippen LogP contribution in [0.3, 0.4) is 0 Å². The van der Waals surface area contributed by atoms with Crippen molar-refractivity contribution in [3.8, 4) is 11.3 Å². The summed E-state index contributed by atoms with van der Waals surface area (Å²) >= 11 is 1.73. The number of fused-ring (bicyclic) bond motifs is 6. The van der Waals surface area contributed by atoms with Gasteiger partial charge >= 0.3 is 0 Å². The van der Waals surface area contributed by atoms with Crippen LogP contribution < -0.4 is 0 Å². The molecule has 0 radical (unpaired) electrons. The van der Waals surface area contributed by atoms with Crippen LogP contribution in [0.5, 0.6) is 0 Å². The summed E-state index contributed by atoms with van der Waals surface area (Å²) in [4.78, 5) is 9.21. The summed E-state index contributed by atoms with van der Waals surface area (Å²) in [5.74, 6) is 0. The minimum atomic E-state index is 0.0151. The van der Waals surface area contributed by atoms with Gasteiger partial charge in [-0.3, -0.25) is 0 Å². The summed E-state index contributed by atoms with van der Waals surface area (Å²) in [6.07, 6.45) is 1.61. The van der Waals surface area contributed by atoms with E-state index in [1.165, 1.54) is 26.4 Å². The van der Waals surface area contributed by atoms with Crippen LogP contribution in [0.4, 0.5) is 0 Å². The fourth-order valence-electron chi connectivity index (χ4n) is 4.40. The Kier molecular flexibility index (Phi) is 3.60. The molecule has 0 bridgehead atoms. The molecule has 0 aliphatic rings. The SMILES string of the molecule is CC(C)(C)c1cc(-c2ncnc3oc4ccc5ccsc5c4c23)cc2ccccc12. The summed E-state index contributed by atoms with van der Waals surface area (Å²) in [6, 6.07) is 19.4. The molecule has 4 heteroatoms. The second-order valence-electron chi connectivity index (χ2n) is 8.78. The van der Waals surface area contributed by atoms with Crippen molar-refractivity contribution in [3.05, 3.63) is 71.9 Å². The van der Waals surface area contributed by atoms with Crippen molar-refractivity contribution in [1.82, 2.24) is 9.97 Å². The van der Waals surface area contributed by atoms with E-state index in [9.17, 15) is 0 Å². The van der Waals surface area contributed by atoms with Gasteiger partial charge in [-0.25, -0.2) is 9.97 Å². The Bertz CT molecular complexity index is 1580. The lowest BCUT2D eigenvalue weighted by molar-refractivity contribution is 0.596. The molecule has 3 aromatic heterocycles. The molecule has 3 nitrogen and oxygen atoms in total. The van der Waals surface area contributed by atoms with Gasteiger partial charge in [-0.1, -0.05) is 45.0 Å². The first kappa shape index (κ1) is 17.6. The Hall–Kier alpha value is -3.24. The van der Waals surface area contributed by atoms with Crippen LogP contribution in [0.2, 0.25) is 0 Å². The Morgan fingerprint density at radius 1 is 0.867 bits per heavy atom. The topological polar surface area (TPSA) is 38.9 Å². The second-order valence-corrected chi connectivity index (χ2v) is 9.69. The van der Waals surface area contributed by atoms with Gasteiger partial charge in [-0.15, -0.1) is 11.3 Å². The van der Waals surface area contributed by atoms with Gasteiger partial charge in [-0.05, 0) is 62.8 Å². The van der Waals surface area contributed by atoms with E-state index in [0.29, 0.717) is 5.71 Å². The van der Waals surface area contributed by atoms with Crippen molar-refractivity contribution in [2.75, 3.05) is 0 Å². The normalized spacial score (nSPS) is 12.5. The van der Waals surface area contributed by atoms with Crippen LogP contribution in [0, 0.1) is 0 Å². The van der Waals surface area contributed by atoms with Crippen molar-refractivity contribution in [2.45, 2.75) is 26.2 Å². The van der Waals surface area contributed by atoms with Crippen LogP contribution in [-0.4, -0.2) is 9.97 Å². The minimum Gasteiger partial charge on any atom is -0.438 e. The first-order valence-corrected chi connectivity index (χ1v) is 11.0.